The van der Waals surface area contributed by atoms with Crippen LogP contribution < -0.4 is 15.4 Å². The molecule has 1 aliphatic rings. The standard InChI is InChI=1S/C15H18N2O5/c1-16-13(18)8-3-6-12(22-2)11(7-8)17-14(19)9-4-5-10(9)15(20)21/h3,6-7,9-10H,4-5H2,1-2H3,(H,16,18)(H,17,19)(H,20,21). The Balaban J connectivity index is 2.18. The van der Waals surface area contributed by atoms with Crippen molar-refractivity contribution in [2.45, 2.75) is 12.8 Å². The molecule has 7 nitrogen and oxygen atoms in total. The highest BCUT2D eigenvalue weighted by Gasteiger charge is 2.41. The number of ether oxygens (including phenoxy) is 1. The van der Waals surface area contributed by atoms with E-state index in [1.807, 2.05) is 0 Å². The number of carboxylic acids is 1. The minimum Gasteiger partial charge on any atom is -0.495 e. The van der Waals surface area contributed by atoms with Crippen LogP contribution in [0.1, 0.15) is 23.2 Å². The summed E-state index contributed by atoms with van der Waals surface area (Å²) >= 11 is 0. The summed E-state index contributed by atoms with van der Waals surface area (Å²) in [6.07, 6.45) is 1.04. The Hall–Kier alpha value is -2.57. The smallest absolute Gasteiger partial charge is 0.307 e. The first-order valence-electron chi connectivity index (χ1n) is 6.91. The Morgan fingerprint density at radius 1 is 1.23 bits per heavy atom. The summed E-state index contributed by atoms with van der Waals surface area (Å²) in [5.41, 5.74) is 0.728. The number of hydrogen-bond donors (Lipinski definition) is 3. The van der Waals surface area contributed by atoms with Crippen molar-refractivity contribution in [3.05, 3.63) is 23.8 Å². The van der Waals surface area contributed by atoms with Crippen LogP contribution in [0.25, 0.3) is 0 Å². The van der Waals surface area contributed by atoms with Gasteiger partial charge in [-0.1, -0.05) is 0 Å². The minimum atomic E-state index is -0.961. The molecule has 2 atom stereocenters. The van der Waals surface area contributed by atoms with E-state index in [9.17, 15) is 14.4 Å². The molecule has 3 N–H and O–H groups in total. The van der Waals surface area contributed by atoms with Gasteiger partial charge in [0, 0.05) is 12.6 Å². The van der Waals surface area contributed by atoms with Gasteiger partial charge in [0.1, 0.15) is 5.75 Å². The van der Waals surface area contributed by atoms with Crippen molar-refractivity contribution >= 4 is 23.5 Å². The molecule has 1 aromatic rings. The largest absolute Gasteiger partial charge is 0.495 e. The van der Waals surface area contributed by atoms with Crippen LogP contribution in [0.2, 0.25) is 0 Å². The molecule has 1 saturated carbocycles. The van der Waals surface area contributed by atoms with Gasteiger partial charge in [0.25, 0.3) is 5.91 Å². The number of aliphatic carboxylic acids is 1. The first-order valence-corrected chi connectivity index (χ1v) is 6.91. The van der Waals surface area contributed by atoms with E-state index in [0.717, 1.165) is 0 Å². The van der Waals surface area contributed by atoms with E-state index < -0.39 is 17.8 Å². The summed E-state index contributed by atoms with van der Waals surface area (Å²) in [5.74, 6) is -2.40. The molecule has 7 heteroatoms. The Bertz CT molecular complexity index is 614. The lowest BCUT2D eigenvalue weighted by molar-refractivity contribution is -0.151. The predicted octanol–water partition coefficient (Wildman–Crippen LogP) is 1.10. The van der Waals surface area contributed by atoms with E-state index >= 15 is 0 Å². The fraction of sp³-hybridized carbons (Fsp3) is 0.400. The van der Waals surface area contributed by atoms with Crippen LogP contribution >= 0.6 is 0 Å². The zero-order valence-electron chi connectivity index (χ0n) is 12.4. The molecule has 0 aliphatic heterocycles. The molecule has 0 aromatic heterocycles. The Morgan fingerprint density at radius 2 is 1.91 bits per heavy atom. The number of methoxy groups -OCH3 is 1. The SMILES string of the molecule is CNC(=O)c1ccc(OC)c(NC(=O)C2CCC2C(=O)O)c1. The lowest BCUT2D eigenvalue weighted by atomic mass is 9.73. The zero-order chi connectivity index (χ0) is 16.3. The van der Waals surface area contributed by atoms with Crippen LogP contribution in [0.4, 0.5) is 5.69 Å². The van der Waals surface area contributed by atoms with Gasteiger partial charge in [-0.2, -0.15) is 0 Å². The Labute approximate surface area is 127 Å². The second kappa shape index (κ2) is 6.46. The predicted molar refractivity (Wildman–Crippen MR) is 78.9 cm³/mol. The highest BCUT2D eigenvalue weighted by Crippen LogP contribution is 2.36. The first-order chi connectivity index (χ1) is 10.5. The molecule has 0 heterocycles. The molecular weight excluding hydrogens is 288 g/mol. The van der Waals surface area contributed by atoms with Crippen LogP contribution in [-0.4, -0.2) is 37.0 Å². The monoisotopic (exact) mass is 306 g/mol. The van der Waals surface area contributed by atoms with Crippen molar-refractivity contribution in [2.24, 2.45) is 11.8 Å². The molecule has 0 bridgehead atoms. The van der Waals surface area contributed by atoms with Crippen LogP contribution in [0, 0.1) is 11.8 Å². The Morgan fingerprint density at radius 3 is 2.41 bits per heavy atom. The van der Waals surface area contributed by atoms with Crippen molar-refractivity contribution in [3.8, 4) is 5.75 Å². The lowest BCUT2D eigenvalue weighted by Crippen LogP contribution is -2.41. The molecular formula is C15H18N2O5. The number of rotatable bonds is 5. The van der Waals surface area contributed by atoms with Gasteiger partial charge in [-0.05, 0) is 31.0 Å². The Kier molecular flexibility index (Phi) is 4.65. The van der Waals surface area contributed by atoms with Crippen molar-refractivity contribution in [1.82, 2.24) is 5.32 Å². The lowest BCUT2D eigenvalue weighted by Gasteiger charge is -2.32. The van der Waals surface area contributed by atoms with Crippen LogP contribution in [0.3, 0.4) is 0 Å². The van der Waals surface area contributed by atoms with Crippen LogP contribution in [-0.2, 0) is 9.59 Å². The number of amides is 2. The van der Waals surface area contributed by atoms with E-state index in [2.05, 4.69) is 10.6 Å². The number of carbonyl (C=O) groups excluding carboxylic acids is 2. The van der Waals surface area contributed by atoms with Crippen molar-refractivity contribution in [2.75, 3.05) is 19.5 Å². The molecule has 2 unspecified atom stereocenters. The molecule has 22 heavy (non-hydrogen) atoms. The summed E-state index contributed by atoms with van der Waals surface area (Å²) in [4.78, 5) is 34.8. The second-order valence-electron chi connectivity index (χ2n) is 5.11. The quantitative estimate of drug-likeness (QED) is 0.755. The molecule has 1 aromatic carbocycles. The number of anilines is 1. The van der Waals surface area contributed by atoms with Gasteiger partial charge in [-0.3, -0.25) is 14.4 Å². The number of benzene rings is 1. The molecule has 1 fully saturated rings. The maximum absolute atomic E-state index is 12.2. The van der Waals surface area contributed by atoms with Gasteiger partial charge in [-0.25, -0.2) is 0 Å². The maximum Gasteiger partial charge on any atom is 0.307 e. The summed E-state index contributed by atoms with van der Waals surface area (Å²) in [6.45, 7) is 0. The summed E-state index contributed by atoms with van der Waals surface area (Å²) in [5, 5.41) is 14.2. The van der Waals surface area contributed by atoms with Crippen molar-refractivity contribution in [1.29, 1.82) is 0 Å². The average molecular weight is 306 g/mol. The van der Waals surface area contributed by atoms with E-state index in [4.69, 9.17) is 9.84 Å². The molecule has 1 aliphatic carbocycles. The van der Waals surface area contributed by atoms with Gasteiger partial charge in [0.15, 0.2) is 0 Å². The second-order valence-corrected chi connectivity index (χ2v) is 5.11. The fourth-order valence-corrected chi connectivity index (χ4v) is 2.43. The first kappa shape index (κ1) is 15.8. The highest BCUT2D eigenvalue weighted by molar-refractivity contribution is 6.00. The maximum atomic E-state index is 12.2. The van der Waals surface area contributed by atoms with Gasteiger partial charge >= 0.3 is 5.97 Å². The van der Waals surface area contributed by atoms with Gasteiger partial charge in [0.05, 0.1) is 24.6 Å². The summed E-state index contributed by atoms with van der Waals surface area (Å²) < 4.78 is 5.16. The normalized spacial score (nSPS) is 19.7. The molecule has 118 valence electrons. The molecule has 0 radical (unpaired) electrons. The van der Waals surface area contributed by atoms with Gasteiger partial charge in [-0.15, -0.1) is 0 Å². The van der Waals surface area contributed by atoms with Crippen molar-refractivity contribution < 1.29 is 24.2 Å². The molecule has 2 rings (SSSR count). The summed E-state index contributed by atoms with van der Waals surface area (Å²) in [6, 6.07) is 4.66. The van der Waals surface area contributed by atoms with E-state index in [0.29, 0.717) is 29.8 Å². The van der Waals surface area contributed by atoms with E-state index in [1.54, 1.807) is 12.1 Å². The third-order valence-corrected chi connectivity index (χ3v) is 3.87. The fourth-order valence-electron chi connectivity index (χ4n) is 2.43. The minimum absolute atomic E-state index is 0.287. The number of carboxylic acid groups (broad SMARTS) is 1. The molecule has 2 amide bonds. The number of hydrogen-bond acceptors (Lipinski definition) is 4. The molecule has 0 saturated heterocycles. The number of nitrogens with one attached hydrogen (secondary N) is 2. The summed E-state index contributed by atoms with van der Waals surface area (Å²) in [7, 11) is 2.96. The topological polar surface area (TPSA) is 105 Å². The van der Waals surface area contributed by atoms with Crippen LogP contribution in [0.5, 0.6) is 5.75 Å². The molecule has 0 spiro atoms. The highest BCUT2D eigenvalue weighted by atomic mass is 16.5. The van der Waals surface area contributed by atoms with Crippen LogP contribution in [0.15, 0.2) is 18.2 Å². The third-order valence-electron chi connectivity index (χ3n) is 3.87. The third kappa shape index (κ3) is 3.03. The zero-order valence-corrected chi connectivity index (χ0v) is 12.4. The average Bonchev–Trinajstić information content (AvgIpc) is 2.44. The van der Waals surface area contributed by atoms with E-state index in [-0.39, 0.29) is 11.8 Å². The van der Waals surface area contributed by atoms with Gasteiger partial charge in [0.2, 0.25) is 5.91 Å². The number of carbonyl (C=O) groups is 3. The van der Waals surface area contributed by atoms with Gasteiger partial charge < -0.3 is 20.5 Å². The van der Waals surface area contributed by atoms with Crippen molar-refractivity contribution in [3.63, 3.8) is 0 Å². The van der Waals surface area contributed by atoms with E-state index in [1.165, 1.54) is 20.2 Å².